The van der Waals surface area contributed by atoms with Gasteiger partial charge in [0.2, 0.25) is 11.7 Å². The summed E-state index contributed by atoms with van der Waals surface area (Å²) in [5.41, 5.74) is 1.09. The van der Waals surface area contributed by atoms with Crippen LogP contribution in [0.2, 0.25) is 0 Å². The van der Waals surface area contributed by atoms with Gasteiger partial charge in [-0.25, -0.2) is 15.0 Å². The fraction of sp³-hybridized carbons (Fsp3) is 0.400. The number of aromatic nitrogens is 4. The first-order chi connectivity index (χ1) is 14.8. The molecule has 0 radical (unpaired) electrons. The van der Waals surface area contributed by atoms with Crippen molar-refractivity contribution in [1.82, 2.24) is 24.8 Å². The summed E-state index contributed by atoms with van der Waals surface area (Å²) in [6.45, 7) is 0.990. The molecule has 3 aromatic rings. The van der Waals surface area contributed by atoms with Crippen molar-refractivity contribution in [3.8, 4) is 5.75 Å². The highest BCUT2D eigenvalue weighted by molar-refractivity contribution is 5.82. The highest BCUT2D eigenvalue weighted by atomic mass is 19.4. The lowest BCUT2D eigenvalue weighted by molar-refractivity contribution is -0.144. The number of alkyl halides is 3. The summed E-state index contributed by atoms with van der Waals surface area (Å²) < 4.78 is 44.6. The standard InChI is InChI=1S/C20H21F3N6O2/c1-31-14-5-3-2-4-12(14)10-15(30)29-8-6-13(7-9-29)26-18-16-17(25-11-24-16)27-19(28-18)20(21,22)23/h2-5,11,13H,6-10H2,1H3,(H2,24,25,26,27,28). The van der Waals surface area contributed by atoms with Crippen molar-refractivity contribution in [3.63, 3.8) is 0 Å². The molecule has 0 atom stereocenters. The minimum absolute atomic E-state index is 0.0136. The number of para-hydroxylation sites is 1. The maximum atomic E-state index is 13.1. The predicted octanol–water partition coefficient (Wildman–Crippen LogP) is 3.03. The van der Waals surface area contributed by atoms with Crippen LogP contribution in [0.25, 0.3) is 11.2 Å². The summed E-state index contributed by atoms with van der Waals surface area (Å²) in [4.78, 5) is 28.2. The number of halogens is 3. The molecule has 0 spiro atoms. The van der Waals surface area contributed by atoms with E-state index in [4.69, 9.17) is 4.74 Å². The monoisotopic (exact) mass is 434 g/mol. The number of amides is 1. The van der Waals surface area contributed by atoms with E-state index in [-0.39, 0.29) is 29.8 Å². The topological polar surface area (TPSA) is 96.0 Å². The van der Waals surface area contributed by atoms with Gasteiger partial charge < -0.3 is 19.9 Å². The van der Waals surface area contributed by atoms with Gasteiger partial charge in [-0.05, 0) is 18.9 Å². The van der Waals surface area contributed by atoms with Gasteiger partial charge in [-0.2, -0.15) is 13.2 Å². The summed E-state index contributed by atoms with van der Waals surface area (Å²) in [5.74, 6) is -0.520. The van der Waals surface area contributed by atoms with Gasteiger partial charge in [-0.3, -0.25) is 4.79 Å². The molecular formula is C20H21F3N6O2. The maximum Gasteiger partial charge on any atom is 0.451 e. The number of carbonyl (C=O) groups is 1. The molecule has 8 nitrogen and oxygen atoms in total. The highest BCUT2D eigenvalue weighted by Gasteiger charge is 2.36. The number of hydrogen-bond donors (Lipinski definition) is 2. The number of H-pyrrole nitrogens is 1. The van der Waals surface area contributed by atoms with Crippen LogP contribution in [-0.2, 0) is 17.4 Å². The number of hydrogen-bond acceptors (Lipinski definition) is 6. The third-order valence-corrected chi connectivity index (χ3v) is 5.26. The molecule has 0 bridgehead atoms. The Morgan fingerprint density at radius 1 is 1.26 bits per heavy atom. The van der Waals surface area contributed by atoms with Crippen LogP contribution in [0.3, 0.4) is 0 Å². The molecule has 1 aromatic carbocycles. The molecule has 1 saturated heterocycles. The van der Waals surface area contributed by atoms with E-state index in [1.165, 1.54) is 6.33 Å². The number of piperidine rings is 1. The van der Waals surface area contributed by atoms with Crippen molar-refractivity contribution in [1.29, 1.82) is 0 Å². The summed E-state index contributed by atoms with van der Waals surface area (Å²) in [6, 6.07) is 7.24. The SMILES string of the molecule is COc1ccccc1CC(=O)N1CCC(Nc2nc(C(F)(F)F)nc3nc[nH]c23)CC1. The molecule has 0 unspecified atom stereocenters. The molecule has 0 saturated carbocycles. The molecule has 1 aliphatic heterocycles. The van der Waals surface area contributed by atoms with Crippen molar-refractivity contribution < 1.29 is 22.7 Å². The molecule has 164 valence electrons. The number of benzene rings is 1. The minimum atomic E-state index is -4.67. The molecule has 31 heavy (non-hydrogen) atoms. The quantitative estimate of drug-likeness (QED) is 0.641. The Hall–Kier alpha value is -3.37. The highest BCUT2D eigenvalue weighted by Crippen LogP contribution is 2.30. The van der Waals surface area contributed by atoms with Crippen LogP contribution in [0.15, 0.2) is 30.6 Å². The van der Waals surface area contributed by atoms with E-state index in [2.05, 4.69) is 25.3 Å². The van der Waals surface area contributed by atoms with Crippen LogP contribution in [0, 0.1) is 0 Å². The van der Waals surface area contributed by atoms with Gasteiger partial charge >= 0.3 is 6.18 Å². The Morgan fingerprint density at radius 3 is 2.71 bits per heavy atom. The lowest BCUT2D eigenvalue weighted by Gasteiger charge is -2.33. The molecular weight excluding hydrogens is 413 g/mol. The van der Waals surface area contributed by atoms with E-state index in [0.717, 1.165) is 5.56 Å². The Labute approximate surface area is 175 Å². The van der Waals surface area contributed by atoms with Crippen LogP contribution in [0.1, 0.15) is 24.2 Å². The molecule has 0 aliphatic carbocycles. The second-order valence-electron chi connectivity index (χ2n) is 7.28. The molecule has 1 amide bonds. The predicted molar refractivity (Wildman–Crippen MR) is 107 cm³/mol. The van der Waals surface area contributed by atoms with Crippen molar-refractivity contribution in [2.24, 2.45) is 0 Å². The zero-order chi connectivity index (χ0) is 22.0. The number of nitrogens with zero attached hydrogens (tertiary/aromatic N) is 4. The zero-order valence-corrected chi connectivity index (χ0v) is 16.7. The van der Waals surface area contributed by atoms with Crippen molar-refractivity contribution in [2.75, 3.05) is 25.5 Å². The number of methoxy groups -OCH3 is 1. The summed E-state index contributed by atoms with van der Waals surface area (Å²) in [7, 11) is 1.56. The van der Waals surface area contributed by atoms with E-state index in [1.807, 2.05) is 24.3 Å². The van der Waals surface area contributed by atoms with E-state index >= 15 is 0 Å². The number of likely N-dealkylation sites (tertiary alicyclic amines) is 1. The zero-order valence-electron chi connectivity index (χ0n) is 16.7. The van der Waals surface area contributed by atoms with E-state index < -0.39 is 12.0 Å². The van der Waals surface area contributed by atoms with Crippen LogP contribution < -0.4 is 10.1 Å². The van der Waals surface area contributed by atoms with Crippen LogP contribution in [0.5, 0.6) is 5.75 Å². The van der Waals surface area contributed by atoms with Gasteiger partial charge in [0.05, 0.1) is 19.9 Å². The van der Waals surface area contributed by atoms with Crippen LogP contribution in [0.4, 0.5) is 19.0 Å². The number of anilines is 1. The molecule has 2 N–H and O–H groups in total. The van der Waals surface area contributed by atoms with E-state index in [1.54, 1.807) is 12.0 Å². The summed E-state index contributed by atoms with van der Waals surface area (Å²) in [5, 5.41) is 3.07. The fourth-order valence-corrected chi connectivity index (χ4v) is 3.65. The van der Waals surface area contributed by atoms with Gasteiger partial charge in [0.25, 0.3) is 0 Å². The first kappa shape index (κ1) is 20.9. The average molecular weight is 434 g/mol. The summed E-state index contributed by atoms with van der Waals surface area (Å²) >= 11 is 0. The summed E-state index contributed by atoms with van der Waals surface area (Å²) in [6.07, 6.45) is -1.99. The van der Waals surface area contributed by atoms with Crippen LogP contribution >= 0.6 is 0 Å². The number of ether oxygens (including phenoxy) is 1. The minimum Gasteiger partial charge on any atom is -0.496 e. The molecule has 1 fully saturated rings. The second-order valence-corrected chi connectivity index (χ2v) is 7.28. The molecule has 3 heterocycles. The van der Waals surface area contributed by atoms with Crippen molar-refractivity contribution in [2.45, 2.75) is 31.5 Å². The first-order valence-electron chi connectivity index (χ1n) is 9.79. The first-order valence-corrected chi connectivity index (χ1v) is 9.79. The van der Waals surface area contributed by atoms with E-state index in [9.17, 15) is 18.0 Å². The Bertz CT molecular complexity index is 1080. The third-order valence-electron chi connectivity index (χ3n) is 5.26. The largest absolute Gasteiger partial charge is 0.496 e. The number of rotatable bonds is 5. The van der Waals surface area contributed by atoms with Gasteiger partial charge in [0.15, 0.2) is 11.5 Å². The van der Waals surface area contributed by atoms with Gasteiger partial charge in [0.1, 0.15) is 11.3 Å². The third kappa shape index (κ3) is 4.54. The second kappa shape index (κ2) is 8.40. The van der Waals surface area contributed by atoms with Gasteiger partial charge in [0, 0.05) is 24.7 Å². The lowest BCUT2D eigenvalue weighted by Crippen LogP contribution is -2.43. The molecule has 1 aliphatic rings. The molecule has 11 heteroatoms. The molecule has 2 aromatic heterocycles. The lowest BCUT2D eigenvalue weighted by atomic mass is 10.0. The van der Waals surface area contributed by atoms with Crippen molar-refractivity contribution in [3.05, 3.63) is 42.0 Å². The molecule has 4 rings (SSSR count). The smallest absolute Gasteiger partial charge is 0.451 e. The number of nitrogens with one attached hydrogen (secondary N) is 2. The fourth-order valence-electron chi connectivity index (χ4n) is 3.65. The normalized spacial score (nSPS) is 15.3. The van der Waals surface area contributed by atoms with E-state index in [0.29, 0.717) is 37.2 Å². The number of carbonyl (C=O) groups excluding carboxylic acids is 1. The number of fused-ring (bicyclic) bond motifs is 1. The number of imidazole rings is 1. The average Bonchev–Trinajstić information content (AvgIpc) is 3.23. The Kier molecular flexibility index (Phi) is 5.66. The number of aromatic amines is 1. The Morgan fingerprint density at radius 2 is 2.00 bits per heavy atom. The van der Waals surface area contributed by atoms with Gasteiger partial charge in [-0.15, -0.1) is 0 Å². The Balaban J connectivity index is 1.41. The maximum absolute atomic E-state index is 13.1. The van der Waals surface area contributed by atoms with Crippen molar-refractivity contribution >= 4 is 22.9 Å². The van der Waals surface area contributed by atoms with Crippen LogP contribution in [-0.4, -0.2) is 57.0 Å². The van der Waals surface area contributed by atoms with Gasteiger partial charge in [-0.1, -0.05) is 18.2 Å².